The number of hydrogen-bond donors (Lipinski definition) is 2. The van der Waals surface area contributed by atoms with Gasteiger partial charge in [-0.25, -0.2) is 0 Å². The van der Waals surface area contributed by atoms with Crippen LogP contribution in [0.1, 0.15) is 25.7 Å². The molecule has 1 amide bonds. The maximum atomic E-state index is 12.4. The molecule has 1 saturated carbocycles. The van der Waals surface area contributed by atoms with Gasteiger partial charge in [-0.15, -0.1) is 0 Å². The molecule has 1 heterocycles. The predicted molar refractivity (Wildman–Crippen MR) is 80.3 cm³/mol. The molecule has 104 valence electrons. The van der Waals surface area contributed by atoms with E-state index in [-0.39, 0.29) is 17.9 Å². The molecule has 2 aromatic rings. The fraction of sp³-hybridized carbons (Fsp3) is 0.375. The van der Waals surface area contributed by atoms with Gasteiger partial charge in [-0.1, -0.05) is 18.6 Å². The smallest absolute Gasteiger partial charge is 0.227 e. The van der Waals surface area contributed by atoms with Gasteiger partial charge in [-0.2, -0.15) is 0 Å². The average molecular weight is 269 g/mol. The second-order valence-electron chi connectivity index (χ2n) is 5.52. The van der Waals surface area contributed by atoms with E-state index in [9.17, 15) is 4.79 Å². The van der Waals surface area contributed by atoms with Crippen molar-refractivity contribution >= 4 is 22.4 Å². The number of nitrogens with one attached hydrogen (secondary N) is 1. The van der Waals surface area contributed by atoms with E-state index in [2.05, 4.69) is 10.3 Å². The van der Waals surface area contributed by atoms with Gasteiger partial charge >= 0.3 is 0 Å². The van der Waals surface area contributed by atoms with Gasteiger partial charge in [0.25, 0.3) is 0 Å². The third-order valence-electron chi connectivity index (χ3n) is 4.02. The van der Waals surface area contributed by atoms with Crippen LogP contribution in [0.2, 0.25) is 0 Å². The number of hydrogen-bond acceptors (Lipinski definition) is 3. The number of amides is 1. The second kappa shape index (κ2) is 5.59. The summed E-state index contributed by atoms with van der Waals surface area (Å²) in [6, 6.07) is 7.96. The molecule has 4 heteroatoms. The number of pyridine rings is 1. The highest BCUT2D eigenvalue weighted by Gasteiger charge is 2.25. The lowest BCUT2D eigenvalue weighted by atomic mass is 9.85. The number of rotatable bonds is 2. The van der Waals surface area contributed by atoms with E-state index in [1.165, 1.54) is 0 Å². The first-order chi connectivity index (χ1) is 9.74. The summed E-state index contributed by atoms with van der Waals surface area (Å²) in [7, 11) is 0. The van der Waals surface area contributed by atoms with Crippen molar-refractivity contribution in [2.45, 2.75) is 31.7 Å². The molecule has 0 radical (unpaired) electrons. The van der Waals surface area contributed by atoms with Crippen LogP contribution in [0, 0.1) is 5.92 Å². The SMILES string of the molecule is N[C@H]1CCC[C@H](C(=O)Nc2cccc3cnccc23)C1. The largest absolute Gasteiger partial charge is 0.328 e. The van der Waals surface area contributed by atoms with Crippen molar-refractivity contribution in [3.63, 3.8) is 0 Å². The topological polar surface area (TPSA) is 68.0 Å². The van der Waals surface area contributed by atoms with Crippen molar-refractivity contribution in [3.8, 4) is 0 Å². The summed E-state index contributed by atoms with van der Waals surface area (Å²) in [5, 5.41) is 5.11. The molecule has 3 N–H and O–H groups in total. The van der Waals surface area contributed by atoms with Gasteiger partial charge in [0.05, 0.1) is 0 Å². The molecule has 0 spiro atoms. The molecule has 2 atom stereocenters. The van der Waals surface area contributed by atoms with Gasteiger partial charge in [-0.3, -0.25) is 9.78 Å². The molecule has 4 nitrogen and oxygen atoms in total. The first-order valence-electron chi connectivity index (χ1n) is 7.13. The molecule has 1 fully saturated rings. The van der Waals surface area contributed by atoms with Gasteiger partial charge in [0.15, 0.2) is 0 Å². The molecule has 1 aliphatic carbocycles. The van der Waals surface area contributed by atoms with Gasteiger partial charge in [0.2, 0.25) is 5.91 Å². The maximum Gasteiger partial charge on any atom is 0.227 e. The van der Waals surface area contributed by atoms with Crippen LogP contribution in [0.5, 0.6) is 0 Å². The highest BCUT2D eigenvalue weighted by Crippen LogP contribution is 2.27. The summed E-state index contributed by atoms with van der Waals surface area (Å²) in [5.74, 6) is 0.125. The van der Waals surface area contributed by atoms with E-state index in [1.807, 2.05) is 30.5 Å². The number of carbonyl (C=O) groups is 1. The Morgan fingerprint density at radius 3 is 3.05 bits per heavy atom. The number of benzene rings is 1. The van der Waals surface area contributed by atoms with Crippen molar-refractivity contribution < 1.29 is 4.79 Å². The molecule has 1 aromatic heterocycles. The van der Waals surface area contributed by atoms with Crippen molar-refractivity contribution in [1.29, 1.82) is 0 Å². The van der Waals surface area contributed by atoms with Crippen molar-refractivity contribution in [2.75, 3.05) is 5.32 Å². The van der Waals surface area contributed by atoms with Gasteiger partial charge in [0.1, 0.15) is 0 Å². The van der Waals surface area contributed by atoms with Crippen LogP contribution in [-0.2, 0) is 4.79 Å². The lowest BCUT2D eigenvalue weighted by Gasteiger charge is -2.25. The number of carbonyl (C=O) groups excluding carboxylic acids is 1. The average Bonchev–Trinajstić information content (AvgIpc) is 2.47. The minimum atomic E-state index is 0.0378. The van der Waals surface area contributed by atoms with Crippen molar-refractivity contribution in [2.24, 2.45) is 11.7 Å². The molecule has 0 saturated heterocycles. The quantitative estimate of drug-likeness (QED) is 0.880. The summed E-state index contributed by atoms with van der Waals surface area (Å²) in [5.41, 5.74) is 6.81. The molecule has 3 rings (SSSR count). The Morgan fingerprint density at radius 1 is 1.30 bits per heavy atom. The maximum absolute atomic E-state index is 12.4. The highest BCUT2D eigenvalue weighted by molar-refractivity contribution is 6.02. The minimum Gasteiger partial charge on any atom is -0.328 e. The van der Waals surface area contributed by atoms with Crippen LogP contribution in [0.4, 0.5) is 5.69 Å². The van der Waals surface area contributed by atoms with Crippen LogP contribution in [0.15, 0.2) is 36.7 Å². The van der Waals surface area contributed by atoms with Gasteiger partial charge in [0, 0.05) is 40.8 Å². The van der Waals surface area contributed by atoms with E-state index in [0.29, 0.717) is 0 Å². The number of fused-ring (bicyclic) bond motifs is 1. The Hall–Kier alpha value is -1.94. The first-order valence-corrected chi connectivity index (χ1v) is 7.13. The normalized spacial score (nSPS) is 22.6. The van der Waals surface area contributed by atoms with Crippen LogP contribution >= 0.6 is 0 Å². The molecule has 0 unspecified atom stereocenters. The Labute approximate surface area is 118 Å². The predicted octanol–water partition coefficient (Wildman–Crippen LogP) is 2.69. The molecule has 1 aliphatic rings. The lowest BCUT2D eigenvalue weighted by Crippen LogP contribution is -2.34. The summed E-state index contributed by atoms with van der Waals surface area (Å²) >= 11 is 0. The summed E-state index contributed by atoms with van der Waals surface area (Å²) in [4.78, 5) is 16.5. The highest BCUT2D eigenvalue weighted by atomic mass is 16.1. The van der Waals surface area contributed by atoms with Crippen molar-refractivity contribution in [1.82, 2.24) is 4.98 Å². The summed E-state index contributed by atoms with van der Waals surface area (Å²) in [6.45, 7) is 0. The van der Waals surface area contributed by atoms with E-state index < -0.39 is 0 Å². The van der Waals surface area contributed by atoms with Crippen LogP contribution in [0.3, 0.4) is 0 Å². The Balaban J connectivity index is 1.80. The zero-order valence-electron chi connectivity index (χ0n) is 11.4. The molecule has 20 heavy (non-hydrogen) atoms. The van der Waals surface area contributed by atoms with Crippen LogP contribution in [0.25, 0.3) is 10.8 Å². The Morgan fingerprint density at radius 2 is 2.20 bits per heavy atom. The number of aromatic nitrogens is 1. The van der Waals surface area contributed by atoms with Gasteiger partial charge < -0.3 is 11.1 Å². The first kappa shape index (κ1) is 13.1. The van der Waals surface area contributed by atoms with E-state index >= 15 is 0 Å². The standard InChI is InChI=1S/C16H19N3O/c17-13-5-1-3-11(9-13)16(20)19-15-6-2-4-12-10-18-8-7-14(12)15/h2,4,6-8,10-11,13H,1,3,5,9,17H2,(H,19,20)/t11-,13-/m0/s1. The summed E-state index contributed by atoms with van der Waals surface area (Å²) < 4.78 is 0. The van der Waals surface area contributed by atoms with E-state index in [0.717, 1.165) is 42.1 Å². The zero-order valence-corrected chi connectivity index (χ0v) is 11.4. The van der Waals surface area contributed by atoms with Crippen molar-refractivity contribution in [3.05, 3.63) is 36.7 Å². The minimum absolute atomic E-state index is 0.0378. The molecule has 0 aliphatic heterocycles. The Bertz CT molecular complexity index is 621. The Kier molecular flexibility index (Phi) is 3.65. The molecular weight excluding hydrogens is 250 g/mol. The van der Waals surface area contributed by atoms with E-state index in [1.54, 1.807) is 6.20 Å². The molecule has 1 aromatic carbocycles. The monoisotopic (exact) mass is 269 g/mol. The number of nitrogens with two attached hydrogens (primary N) is 1. The fourth-order valence-corrected chi connectivity index (χ4v) is 2.93. The second-order valence-corrected chi connectivity index (χ2v) is 5.52. The van der Waals surface area contributed by atoms with E-state index in [4.69, 9.17) is 5.73 Å². The fourth-order valence-electron chi connectivity index (χ4n) is 2.93. The lowest BCUT2D eigenvalue weighted by molar-refractivity contribution is -0.120. The number of nitrogens with zero attached hydrogens (tertiary/aromatic N) is 1. The third kappa shape index (κ3) is 2.65. The molecule has 0 bridgehead atoms. The third-order valence-corrected chi connectivity index (χ3v) is 4.02. The van der Waals surface area contributed by atoms with Crippen LogP contribution < -0.4 is 11.1 Å². The van der Waals surface area contributed by atoms with Gasteiger partial charge in [-0.05, 0) is 31.4 Å². The molecular formula is C16H19N3O. The summed E-state index contributed by atoms with van der Waals surface area (Å²) in [6.07, 6.45) is 7.35. The van der Waals surface area contributed by atoms with Crippen LogP contribution in [-0.4, -0.2) is 16.9 Å². The zero-order chi connectivity index (χ0) is 13.9. The number of anilines is 1.